The topological polar surface area (TPSA) is 85.7 Å². The van der Waals surface area contributed by atoms with E-state index in [-0.39, 0.29) is 30.8 Å². The molecular formula is C26H29FN4O4. The van der Waals surface area contributed by atoms with Crippen molar-refractivity contribution in [1.82, 2.24) is 20.0 Å². The molecule has 184 valence electrons. The maximum absolute atomic E-state index is 13.4. The van der Waals surface area contributed by atoms with Gasteiger partial charge < -0.3 is 19.7 Å². The number of benzene rings is 2. The summed E-state index contributed by atoms with van der Waals surface area (Å²) in [6.07, 6.45) is 3.62. The minimum Gasteiger partial charge on any atom is -0.493 e. The van der Waals surface area contributed by atoms with Gasteiger partial charge in [-0.2, -0.15) is 5.10 Å². The van der Waals surface area contributed by atoms with Gasteiger partial charge in [-0.15, -0.1) is 0 Å². The molecule has 0 unspecified atom stereocenters. The van der Waals surface area contributed by atoms with E-state index in [4.69, 9.17) is 9.47 Å². The molecule has 0 aliphatic heterocycles. The van der Waals surface area contributed by atoms with Crippen LogP contribution in [0.5, 0.6) is 11.5 Å². The Labute approximate surface area is 203 Å². The van der Waals surface area contributed by atoms with E-state index in [0.717, 1.165) is 48.2 Å². The molecule has 3 aromatic rings. The first-order chi connectivity index (χ1) is 16.9. The number of amides is 2. The molecule has 8 nitrogen and oxygen atoms in total. The Kier molecular flexibility index (Phi) is 7.33. The second kappa shape index (κ2) is 10.6. The largest absolute Gasteiger partial charge is 0.493 e. The van der Waals surface area contributed by atoms with E-state index < -0.39 is 0 Å². The number of ether oxygens (including phenoxy) is 2. The molecule has 0 bridgehead atoms. The number of aromatic nitrogens is 2. The van der Waals surface area contributed by atoms with E-state index in [1.807, 2.05) is 6.07 Å². The summed E-state index contributed by atoms with van der Waals surface area (Å²) in [6, 6.07) is 11.4. The van der Waals surface area contributed by atoms with Gasteiger partial charge in [0, 0.05) is 31.9 Å². The number of carbonyl (C=O) groups is 2. The predicted molar refractivity (Wildman–Crippen MR) is 129 cm³/mol. The molecule has 0 fully saturated rings. The standard InChI is InChI=1S/C26H29FN4O4/c1-30(2)24(32)16-35-22-13-8-17(14-23(22)34-3)15-28-26(33)25-20-6-4-5-7-21(20)31(29-25)19-11-9-18(27)10-12-19/h8-14H,4-7,15-16H2,1-3H3,(H,28,33). The monoisotopic (exact) mass is 480 g/mol. The normalized spacial score (nSPS) is 12.6. The van der Waals surface area contributed by atoms with Gasteiger partial charge in [0.15, 0.2) is 23.8 Å². The number of halogens is 1. The van der Waals surface area contributed by atoms with Gasteiger partial charge in [0.25, 0.3) is 11.8 Å². The number of rotatable bonds is 8. The maximum Gasteiger partial charge on any atom is 0.272 e. The number of hydrogen-bond acceptors (Lipinski definition) is 5. The predicted octanol–water partition coefficient (Wildman–Crippen LogP) is 3.30. The first-order valence-corrected chi connectivity index (χ1v) is 11.5. The van der Waals surface area contributed by atoms with Crippen LogP contribution >= 0.6 is 0 Å². The van der Waals surface area contributed by atoms with Crippen LogP contribution in [0.2, 0.25) is 0 Å². The van der Waals surface area contributed by atoms with Crippen LogP contribution in [-0.4, -0.2) is 54.3 Å². The lowest BCUT2D eigenvalue weighted by atomic mass is 9.95. The van der Waals surface area contributed by atoms with E-state index in [2.05, 4.69) is 10.4 Å². The smallest absolute Gasteiger partial charge is 0.272 e. The van der Waals surface area contributed by atoms with Crippen LogP contribution in [0.3, 0.4) is 0 Å². The Morgan fingerprint density at radius 2 is 1.83 bits per heavy atom. The van der Waals surface area contributed by atoms with Gasteiger partial charge >= 0.3 is 0 Å². The number of methoxy groups -OCH3 is 1. The molecule has 2 amide bonds. The van der Waals surface area contributed by atoms with Gasteiger partial charge in [0.05, 0.1) is 12.8 Å². The Morgan fingerprint density at radius 3 is 2.54 bits per heavy atom. The molecule has 1 N–H and O–H groups in total. The average Bonchev–Trinajstić information content (AvgIpc) is 3.26. The molecule has 1 heterocycles. The van der Waals surface area contributed by atoms with Gasteiger partial charge in [0.1, 0.15) is 5.82 Å². The van der Waals surface area contributed by atoms with Crippen molar-refractivity contribution in [3.63, 3.8) is 0 Å². The second-order valence-electron chi connectivity index (χ2n) is 8.61. The highest BCUT2D eigenvalue weighted by atomic mass is 19.1. The minimum absolute atomic E-state index is 0.0960. The zero-order valence-corrected chi connectivity index (χ0v) is 20.1. The van der Waals surface area contributed by atoms with Gasteiger partial charge in [-0.05, 0) is 67.6 Å². The van der Waals surface area contributed by atoms with Crippen molar-refractivity contribution in [1.29, 1.82) is 0 Å². The van der Waals surface area contributed by atoms with Crippen molar-refractivity contribution in [2.45, 2.75) is 32.2 Å². The molecule has 2 aromatic carbocycles. The number of fused-ring (bicyclic) bond motifs is 1. The van der Waals surface area contributed by atoms with Gasteiger partial charge in [0.2, 0.25) is 0 Å². The summed E-state index contributed by atoms with van der Waals surface area (Å²) >= 11 is 0. The van der Waals surface area contributed by atoms with E-state index in [1.165, 1.54) is 24.1 Å². The number of nitrogens with zero attached hydrogens (tertiary/aromatic N) is 3. The van der Waals surface area contributed by atoms with Gasteiger partial charge in [-0.3, -0.25) is 9.59 Å². The first kappa shape index (κ1) is 24.3. The molecule has 1 aromatic heterocycles. The highest BCUT2D eigenvalue weighted by Crippen LogP contribution is 2.29. The third kappa shape index (κ3) is 5.45. The molecule has 1 aliphatic rings. The molecule has 9 heteroatoms. The molecule has 0 saturated carbocycles. The van der Waals surface area contributed by atoms with E-state index in [9.17, 15) is 14.0 Å². The van der Waals surface area contributed by atoms with Gasteiger partial charge in [-0.1, -0.05) is 6.07 Å². The van der Waals surface area contributed by atoms with Crippen molar-refractivity contribution in [2.24, 2.45) is 0 Å². The fourth-order valence-electron chi connectivity index (χ4n) is 4.05. The first-order valence-electron chi connectivity index (χ1n) is 11.5. The van der Waals surface area contributed by atoms with Crippen LogP contribution in [0.25, 0.3) is 5.69 Å². The molecule has 0 spiro atoms. The van der Waals surface area contributed by atoms with E-state index in [0.29, 0.717) is 17.2 Å². The highest BCUT2D eigenvalue weighted by molar-refractivity contribution is 5.94. The summed E-state index contributed by atoms with van der Waals surface area (Å²) in [5.41, 5.74) is 3.90. The van der Waals surface area contributed by atoms with Crippen LogP contribution in [-0.2, 0) is 24.2 Å². The third-order valence-corrected chi connectivity index (χ3v) is 6.00. The zero-order valence-electron chi connectivity index (χ0n) is 20.1. The van der Waals surface area contributed by atoms with Crippen LogP contribution in [0.4, 0.5) is 4.39 Å². The van der Waals surface area contributed by atoms with Crippen molar-refractivity contribution in [2.75, 3.05) is 27.8 Å². The summed E-state index contributed by atoms with van der Waals surface area (Å²) in [7, 11) is 4.84. The Bertz CT molecular complexity index is 1220. The van der Waals surface area contributed by atoms with E-state index in [1.54, 1.807) is 43.0 Å². The van der Waals surface area contributed by atoms with Crippen LogP contribution in [0, 0.1) is 5.82 Å². The molecular weight excluding hydrogens is 451 g/mol. The van der Waals surface area contributed by atoms with E-state index >= 15 is 0 Å². The summed E-state index contributed by atoms with van der Waals surface area (Å²) < 4.78 is 26.1. The fourth-order valence-corrected chi connectivity index (χ4v) is 4.05. The van der Waals surface area contributed by atoms with Crippen LogP contribution in [0.1, 0.15) is 40.2 Å². The average molecular weight is 481 g/mol. The number of likely N-dealkylation sites (N-methyl/N-ethyl adjacent to an activating group) is 1. The molecule has 0 atom stereocenters. The molecule has 35 heavy (non-hydrogen) atoms. The lowest BCUT2D eigenvalue weighted by molar-refractivity contribution is -0.130. The van der Waals surface area contributed by atoms with Crippen molar-refractivity contribution in [3.05, 3.63) is 70.8 Å². The van der Waals surface area contributed by atoms with Gasteiger partial charge in [-0.25, -0.2) is 9.07 Å². The zero-order chi connectivity index (χ0) is 24.9. The molecule has 1 aliphatic carbocycles. The summed E-state index contributed by atoms with van der Waals surface area (Å²) in [5, 5.41) is 7.55. The van der Waals surface area contributed by atoms with Crippen LogP contribution in [0.15, 0.2) is 42.5 Å². The molecule has 4 rings (SSSR count). The fraction of sp³-hybridized carbons (Fsp3) is 0.346. The van der Waals surface area contributed by atoms with Crippen LogP contribution < -0.4 is 14.8 Å². The highest BCUT2D eigenvalue weighted by Gasteiger charge is 2.25. The minimum atomic E-state index is -0.316. The maximum atomic E-state index is 13.4. The Balaban J connectivity index is 1.48. The third-order valence-electron chi connectivity index (χ3n) is 6.00. The summed E-state index contributed by atoms with van der Waals surface area (Å²) in [6.45, 7) is 0.172. The van der Waals surface area contributed by atoms with Crippen molar-refractivity contribution >= 4 is 11.8 Å². The Morgan fingerprint density at radius 1 is 1.09 bits per heavy atom. The molecule has 0 radical (unpaired) electrons. The number of hydrogen-bond donors (Lipinski definition) is 1. The summed E-state index contributed by atoms with van der Waals surface area (Å²) in [4.78, 5) is 26.3. The Hall–Kier alpha value is -3.88. The lowest BCUT2D eigenvalue weighted by Gasteiger charge is -2.15. The van der Waals surface area contributed by atoms with Crippen molar-refractivity contribution in [3.8, 4) is 17.2 Å². The lowest BCUT2D eigenvalue weighted by Crippen LogP contribution is -2.27. The number of nitrogens with one attached hydrogen (secondary N) is 1. The second-order valence-corrected chi connectivity index (χ2v) is 8.61. The van der Waals surface area contributed by atoms with Crippen molar-refractivity contribution < 1.29 is 23.5 Å². The molecule has 0 saturated heterocycles. The number of carbonyl (C=O) groups excluding carboxylic acids is 2. The summed E-state index contributed by atoms with van der Waals surface area (Å²) in [5.74, 6) is 0.182. The quantitative estimate of drug-likeness (QED) is 0.535. The SMILES string of the molecule is COc1cc(CNC(=O)c2nn(-c3ccc(F)cc3)c3c2CCCC3)ccc1OCC(=O)N(C)C.